The molecule has 0 atom stereocenters. The van der Waals surface area contributed by atoms with Crippen LogP contribution in [0.4, 0.5) is 4.79 Å². The van der Waals surface area contributed by atoms with Crippen LogP contribution in [0.5, 0.6) is 0 Å². The number of carbonyl (C=O) groups excluding carboxylic acids is 1. The van der Waals surface area contributed by atoms with E-state index in [9.17, 15) is 4.79 Å². The zero-order valence-electron chi connectivity index (χ0n) is 10.6. The maximum atomic E-state index is 12.1. The topological polar surface area (TPSA) is 58.4 Å². The van der Waals surface area contributed by atoms with E-state index in [0.29, 0.717) is 25.7 Å². The lowest BCUT2D eigenvalue weighted by atomic mass is 9.91. The number of nitrogens with two attached hydrogens (primary N) is 1. The van der Waals surface area contributed by atoms with E-state index in [-0.39, 0.29) is 6.03 Å². The van der Waals surface area contributed by atoms with Gasteiger partial charge in [-0.3, -0.25) is 0 Å². The Morgan fingerprint density at radius 1 is 1.33 bits per heavy atom. The van der Waals surface area contributed by atoms with Crippen molar-refractivity contribution >= 4 is 6.03 Å². The Morgan fingerprint density at radius 3 is 2.61 bits per heavy atom. The fourth-order valence-electron chi connectivity index (χ4n) is 2.16. The van der Waals surface area contributed by atoms with Gasteiger partial charge in [0.1, 0.15) is 0 Å². The normalized spacial score (nSPS) is 14.9. The Bertz CT molecular complexity index is 376. The van der Waals surface area contributed by atoms with Crippen LogP contribution in [0.1, 0.15) is 24.8 Å². The van der Waals surface area contributed by atoms with Crippen LogP contribution in [0.2, 0.25) is 0 Å². The zero-order valence-corrected chi connectivity index (χ0v) is 10.6. The van der Waals surface area contributed by atoms with Gasteiger partial charge in [-0.15, -0.1) is 0 Å². The summed E-state index contributed by atoms with van der Waals surface area (Å²) in [6.07, 6.45) is 3.44. The summed E-state index contributed by atoms with van der Waals surface area (Å²) in [5, 5.41) is 2.96. The van der Waals surface area contributed by atoms with E-state index in [1.165, 1.54) is 6.42 Å². The van der Waals surface area contributed by atoms with Crippen LogP contribution in [0.25, 0.3) is 0 Å². The third kappa shape index (κ3) is 3.23. The van der Waals surface area contributed by atoms with Gasteiger partial charge >= 0.3 is 6.03 Å². The summed E-state index contributed by atoms with van der Waals surface area (Å²) in [4.78, 5) is 14.0. The van der Waals surface area contributed by atoms with E-state index < -0.39 is 0 Å². The summed E-state index contributed by atoms with van der Waals surface area (Å²) < 4.78 is 0. The van der Waals surface area contributed by atoms with Gasteiger partial charge in [0.25, 0.3) is 0 Å². The maximum Gasteiger partial charge on any atom is 0.317 e. The summed E-state index contributed by atoms with van der Waals surface area (Å²) in [5.41, 5.74) is 6.69. The highest BCUT2D eigenvalue weighted by molar-refractivity contribution is 5.74. The highest BCUT2D eigenvalue weighted by Crippen LogP contribution is 2.24. The van der Waals surface area contributed by atoms with Gasteiger partial charge in [-0.2, -0.15) is 0 Å². The molecule has 1 aliphatic rings. The molecule has 1 aromatic carbocycles. The Labute approximate surface area is 108 Å². The fraction of sp³-hybridized carbons (Fsp3) is 0.500. The van der Waals surface area contributed by atoms with E-state index in [1.807, 2.05) is 35.2 Å². The van der Waals surface area contributed by atoms with Gasteiger partial charge in [-0.05, 0) is 24.8 Å². The van der Waals surface area contributed by atoms with E-state index in [2.05, 4.69) is 5.32 Å². The molecule has 2 rings (SSSR count). The first-order chi connectivity index (χ1) is 8.81. The molecule has 1 aromatic rings. The molecule has 2 amide bonds. The summed E-state index contributed by atoms with van der Waals surface area (Å²) in [6, 6.07) is 10.3. The van der Waals surface area contributed by atoms with Gasteiger partial charge in [0.2, 0.25) is 0 Å². The van der Waals surface area contributed by atoms with Crippen LogP contribution < -0.4 is 11.1 Å². The van der Waals surface area contributed by atoms with Crippen LogP contribution in [0, 0.1) is 0 Å². The predicted molar refractivity (Wildman–Crippen MR) is 72.1 cm³/mol. The molecule has 3 N–H and O–H groups in total. The number of carbonyl (C=O) groups is 1. The first-order valence-electron chi connectivity index (χ1n) is 6.59. The van der Waals surface area contributed by atoms with Crippen molar-refractivity contribution in [1.29, 1.82) is 0 Å². The third-order valence-electron chi connectivity index (χ3n) is 3.43. The van der Waals surface area contributed by atoms with Crippen molar-refractivity contribution in [2.45, 2.75) is 31.8 Å². The van der Waals surface area contributed by atoms with Crippen molar-refractivity contribution in [2.75, 3.05) is 13.1 Å². The van der Waals surface area contributed by atoms with Crippen LogP contribution in [-0.4, -0.2) is 30.1 Å². The lowest BCUT2D eigenvalue weighted by molar-refractivity contribution is 0.140. The summed E-state index contributed by atoms with van der Waals surface area (Å²) >= 11 is 0. The van der Waals surface area contributed by atoms with Gasteiger partial charge in [-0.1, -0.05) is 30.3 Å². The number of rotatable bonds is 5. The average molecular weight is 247 g/mol. The number of hydrogen-bond acceptors (Lipinski definition) is 2. The van der Waals surface area contributed by atoms with Crippen molar-refractivity contribution in [1.82, 2.24) is 10.2 Å². The molecule has 0 bridgehead atoms. The molecule has 0 aromatic heterocycles. The van der Waals surface area contributed by atoms with Crippen LogP contribution in [-0.2, 0) is 6.54 Å². The Kier molecular flexibility index (Phi) is 4.59. The van der Waals surface area contributed by atoms with Gasteiger partial charge in [0, 0.05) is 25.7 Å². The van der Waals surface area contributed by atoms with Crippen LogP contribution in [0.15, 0.2) is 30.3 Å². The summed E-state index contributed by atoms with van der Waals surface area (Å²) in [5.74, 6) is 0. The number of amides is 2. The summed E-state index contributed by atoms with van der Waals surface area (Å²) in [7, 11) is 0. The van der Waals surface area contributed by atoms with Gasteiger partial charge in [-0.25, -0.2) is 4.79 Å². The van der Waals surface area contributed by atoms with Gasteiger partial charge in [0.15, 0.2) is 0 Å². The van der Waals surface area contributed by atoms with Crippen molar-refractivity contribution in [3.63, 3.8) is 0 Å². The molecular formula is C14H21N3O. The lowest BCUT2D eigenvalue weighted by Crippen LogP contribution is -2.50. The molecule has 0 aliphatic heterocycles. The molecule has 0 saturated heterocycles. The number of nitrogens with one attached hydrogen (secondary N) is 1. The predicted octanol–water partition coefficient (Wildman–Crippen LogP) is 1.71. The largest absolute Gasteiger partial charge is 0.334 e. The molecule has 0 unspecified atom stereocenters. The Hall–Kier alpha value is -1.55. The molecule has 4 heteroatoms. The molecule has 1 fully saturated rings. The van der Waals surface area contributed by atoms with Gasteiger partial charge < -0.3 is 16.0 Å². The van der Waals surface area contributed by atoms with E-state index in [4.69, 9.17) is 5.73 Å². The van der Waals surface area contributed by atoms with Gasteiger partial charge in [0.05, 0.1) is 0 Å². The van der Waals surface area contributed by atoms with Crippen molar-refractivity contribution in [3.8, 4) is 0 Å². The number of urea groups is 1. The van der Waals surface area contributed by atoms with Crippen molar-refractivity contribution in [3.05, 3.63) is 35.9 Å². The second-order valence-electron chi connectivity index (χ2n) is 4.71. The second kappa shape index (κ2) is 6.40. The molecule has 0 spiro atoms. The smallest absolute Gasteiger partial charge is 0.317 e. The first kappa shape index (κ1) is 12.9. The molecule has 98 valence electrons. The SMILES string of the molecule is NCCN(C(=O)NCc1ccccc1)C1CCC1. The van der Waals surface area contributed by atoms with Crippen molar-refractivity contribution in [2.24, 2.45) is 5.73 Å². The first-order valence-corrected chi connectivity index (χ1v) is 6.59. The number of benzene rings is 1. The Morgan fingerprint density at radius 2 is 2.06 bits per heavy atom. The molecular weight excluding hydrogens is 226 g/mol. The molecule has 0 radical (unpaired) electrons. The molecule has 1 saturated carbocycles. The van der Waals surface area contributed by atoms with Crippen LogP contribution in [0.3, 0.4) is 0 Å². The second-order valence-corrected chi connectivity index (χ2v) is 4.71. The fourth-order valence-corrected chi connectivity index (χ4v) is 2.16. The van der Waals surface area contributed by atoms with E-state index >= 15 is 0 Å². The highest BCUT2D eigenvalue weighted by atomic mass is 16.2. The average Bonchev–Trinajstić information content (AvgIpc) is 2.34. The quantitative estimate of drug-likeness (QED) is 0.832. The number of nitrogens with zero attached hydrogens (tertiary/aromatic N) is 1. The molecule has 0 heterocycles. The number of hydrogen-bond donors (Lipinski definition) is 2. The van der Waals surface area contributed by atoms with Crippen LogP contribution >= 0.6 is 0 Å². The highest BCUT2D eigenvalue weighted by Gasteiger charge is 2.27. The molecule has 18 heavy (non-hydrogen) atoms. The standard InChI is InChI=1S/C14H21N3O/c15-9-10-17(13-7-4-8-13)14(18)16-11-12-5-2-1-3-6-12/h1-3,5-6,13H,4,7-11,15H2,(H,16,18). The lowest BCUT2D eigenvalue weighted by Gasteiger charge is -2.37. The molecule has 1 aliphatic carbocycles. The minimum Gasteiger partial charge on any atom is -0.334 e. The molecule has 4 nitrogen and oxygen atoms in total. The van der Waals surface area contributed by atoms with Crippen molar-refractivity contribution < 1.29 is 4.79 Å². The monoisotopic (exact) mass is 247 g/mol. The zero-order chi connectivity index (χ0) is 12.8. The van der Waals surface area contributed by atoms with E-state index in [0.717, 1.165) is 18.4 Å². The Balaban J connectivity index is 1.85. The third-order valence-corrected chi connectivity index (χ3v) is 3.43. The minimum absolute atomic E-state index is 0.00834. The van der Waals surface area contributed by atoms with E-state index in [1.54, 1.807) is 0 Å². The maximum absolute atomic E-state index is 12.1. The minimum atomic E-state index is 0.00834. The summed E-state index contributed by atoms with van der Waals surface area (Å²) in [6.45, 7) is 1.74.